The zero-order valence-electron chi connectivity index (χ0n) is 14.9. The maximum Gasteiger partial charge on any atom is 0.305 e. The number of amides is 1. The Morgan fingerprint density at radius 1 is 0.962 bits per heavy atom. The van der Waals surface area contributed by atoms with Crippen molar-refractivity contribution in [3.63, 3.8) is 0 Å². The second-order valence-electron chi connectivity index (χ2n) is 7.00. The topological polar surface area (TPSA) is 57.6 Å². The lowest BCUT2D eigenvalue weighted by molar-refractivity contribution is -0.141. The van der Waals surface area contributed by atoms with E-state index in [-0.39, 0.29) is 24.3 Å². The largest absolute Gasteiger partial charge is 0.481 e. The van der Waals surface area contributed by atoms with Crippen molar-refractivity contribution >= 4 is 11.9 Å². The van der Waals surface area contributed by atoms with Crippen LogP contribution in [0.25, 0.3) is 0 Å². The van der Waals surface area contributed by atoms with E-state index in [1.807, 2.05) is 65.6 Å². The van der Waals surface area contributed by atoms with Gasteiger partial charge in [0.1, 0.15) is 0 Å². The van der Waals surface area contributed by atoms with Crippen molar-refractivity contribution in [1.82, 2.24) is 4.90 Å². The summed E-state index contributed by atoms with van der Waals surface area (Å²) in [4.78, 5) is 26.2. The van der Waals surface area contributed by atoms with Crippen molar-refractivity contribution in [3.05, 3.63) is 71.8 Å². The van der Waals surface area contributed by atoms with Gasteiger partial charge in [-0.3, -0.25) is 9.59 Å². The van der Waals surface area contributed by atoms with E-state index in [1.165, 1.54) is 0 Å². The Hall–Kier alpha value is -2.62. The molecule has 2 aromatic rings. The fraction of sp³-hybridized carbons (Fsp3) is 0.364. The Balaban J connectivity index is 1.79. The summed E-state index contributed by atoms with van der Waals surface area (Å²) in [5.74, 6) is -0.923. The number of nitrogens with zero attached hydrogens (tertiary/aromatic N) is 1. The molecule has 0 aliphatic carbocycles. The summed E-state index contributed by atoms with van der Waals surface area (Å²) >= 11 is 0. The predicted molar refractivity (Wildman–Crippen MR) is 101 cm³/mol. The maximum absolute atomic E-state index is 13.3. The molecule has 1 N–H and O–H groups in total. The van der Waals surface area contributed by atoms with Crippen LogP contribution in [0.15, 0.2) is 60.7 Å². The van der Waals surface area contributed by atoms with Gasteiger partial charge in [0.15, 0.2) is 0 Å². The van der Waals surface area contributed by atoms with Gasteiger partial charge in [-0.1, -0.05) is 60.7 Å². The van der Waals surface area contributed by atoms with E-state index >= 15 is 0 Å². The summed E-state index contributed by atoms with van der Waals surface area (Å²) in [5, 5.41) is 9.14. The highest BCUT2D eigenvalue weighted by Gasteiger charge is 2.34. The monoisotopic (exact) mass is 351 g/mol. The Morgan fingerprint density at radius 2 is 1.50 bits per heavy atom. The van der Waals surface area contributed by atoms with Crippen molar-refractivity contribution < 1.29 is 14.7 Å². The normalized spacial score (nSPS) is 16.8. The van der Waals surface area contributed by atoms with Crippen LogP contribution in [0, 0.1) is 5.92 Å². The van der Waals surface area contributed by atoms with Crippen molar-refractivity contribution in [2.45, 2.75) is 38.1 Å². The zero-order valence-corrected chi connectivity index (χ0v) is 14.9. The number of hydrogen-bond acceptors (Lipinski definition) is 2. The van der Waals surface area contributed by atoms with Gasteiger partial charge in [0.05, 0.1) is 6.42 Å². The molecule has 26 heavy (non-hydrogen) atoms. The summed E-state index contributed by atoms with van der Waals surface area (Å²) < 4.78 is 0. The second-order valence-corrected chi connectivity index (χ2v) is 7.00. The lowest BCUT2D eigenvalue weighted by atomic mass is 9.91. The van der Waals surface area contributed by atoms with E-state index in [2.05, 4.69) is 0 Å². The Morgan fingerprint density at radius 3 is 2.00 bits per heavy atom. The molecule has 1 saturated heterocycles. The molecule has 1 atom stereocenters. The van der Waals surface area contributed by atoms with Crippen LogP contribution in [-0.4, -0.2) is 34.5 Å². The molecule has 1 aliphatic rings. The molecule has 1 unspecified atom stereocenters. The lowest BCUT2D eigenvalue weighted by Gasteiger charge is -2.28. The van der Waals surface area contributed by atoms with Gasteiger partial charge in [0.25, 0.3) is 0 Å². The van der Waals surface area contributed by atoms with E-state index in [4.69, 9.17) is 5.11 Å². The van der Waals surface area contributed by atoms with Crippen LogP contribution in [0.5, 0.6) is 0 Å². The number of aliphatic carboxylic acids is 1. The molecule has 0 aromatic heterocycles. The Kier molecular flexibility index (Phi) is 6.05. The molecule has 0 radical (unpaired) electrons. The van der Waals surface area contributed by atoms with E-state index in [0.717, 1.165) is 24.0 Å². The minimum absolute atomic E-state index is 0.0368. The smallest absolute Gasteiger partial charge is 0.305 e. The number of carbonyl (C=O) groups excluding carboxylic acids is 1. The number of rotatable bonds is 7. The quantitative estimate of drug-likeness (QED) is 0.830. The van der Waals surface area contributed by atoms with Crippen LogP contribution >= 0.6 is 0 Å². The van der Waals surface area contributed by atoms with Crippen molar-refractivity contribution in [3.8, 4) is 0 Å². The van der Waals surface area contributed by atoms with Crippen LogP contribution in [0.3, 0.4) is 0 Å². The first-order chi connectivity index (χ1) is 12.6. The van der Waals surface area contributed by atoms with Gasteiger partial charge in [-0.25, -0.2) is 0 Å². The molecule has 1 heterocycles. The minimum Gasteiger partial charge on any atom is -0.481 e. The van der Waals surface area contributed by atoms with Gasteiger partial charge >= 0.3 is 5.97 Å². The SMILES string of the molecule is O=C(O)CC1CCCN1C(=O)C(Cc1ccccc1)Cc1ccccc1. The van der Waals surface area contributed by atoms with Crippen molar-refractivity contribution in [1.29, 1.82) is 0 Å². The summed E-state index contributed by atoms with van der Waals surface area (Å²) in [5.41, 5.74) is 2.27. The number of likely N-dealkylation sites (tertiary alicyclic amines) is 1. The van der Waals surface area contributed by atoms with Crippen molar-refractivity contribution in [2.75, 3.05) is 6.54 Å². The Bertz CT molecular complexity index is 688. The summed E-state index contributed by atoms with van der Waals surface area (Å²) in [7, 11) is 0. The molecule has 4 heteroatoms. The van der Waals surface area contributed by atoms with Crippen LogP contribution in [0.1, 0.15) is 30.4 Å². The first-order valence-corrected chi connectivity index (χ1v) is 9.23. The second kappa shape index (κ2) is 8.65. The van der Waals surface area contributed by atoms with Gasteiger partial charge in [-0.05, 0) is 36.8 Å². The number of carboxylic acids is 1. The van der Waals surface area contributed by atoms with Crippen LogP contribution < -0.4 is 0 Å². The average Bonchev–Trinajstić information content (AvgIpc) is 3.09. The molecule has 4 nitrogen and oxygen atoms in total. The molecule has 0 bridgehead atoms. The average molecular weight is 351 g/mol. The molecule has 1 aliphatic heterocycles. The first kappa shape index (κ1) is 18.2. The predicted octanol–water partition coefficient (Wildman–Crippen LogP) is 3.55. The zero-order chi connectivity index (χ0) is 18.4. The minimum atomic E-state index is -0.836. The molecular weight excluding hydrogens is 326 g/mol. The lowest BCUT2D eigenvalue weighted by Crippen LogP contribution is -2.42. The van der Waals surface area contributed by atoms with Crippen molar-refractivity contribution in [2.24, 2.45) is 5.92 Å². The fourth-order valence-electron chi connectivity index (χ4n) is 3.82. The molecule has 3 rings (SSSR count). The molecule has 136 valence electrons. The van der Waals surface area contributed by atoms with Gasteiger partial charge in [-0.2, -0.15) is 0 Å². The molecule has 1 fully saturated rings. The van der Waals surface area contributed by atoms with Crippen LogP contribution in [0.2, 0.25) is 0 Å². The molecule has 0 spiro atoms. The summed E-state index contributed by atoms with van der Waals surface area (Å²) in [6.45, 7) is 0.664. The van der Waals surface area contributed by atoms with Gasteiger partial charge in [0, 0.05) is 18.5 Å². The van der Waals surface area contributed by atoms with Gasteiger partial charge in [0.2, 0.25) is 5.91 Å². The van der Waals surface area contributed by atoms with Crippen LogP contribution in [0.4, 0.5) is 0 Å². The van der Waals surface area contributed by atoms with E-state index in [0.29, 0.717) is 19.4 Å². The van der Waals surface area contributed by atoms with E-state index in [9.17, 15) is 9.59 Å². The van der Waals surface area contributed by atoms with E-state index in [1.54, 1.807) is 0 Å². The fourth-order valence-corrected chi connectivity index (χ4v) is 3.82. The standard InChI is InChI=1S/C22H25NO3/c24-21(25)16-20-12-7-13-23(20)22(26)19(14-17-8-3-1-4-9-17)15-18-10-5-2-6-11-18/h1-6,8-11,19-20H,7,12-16H2,(H,24,25). The van der Waals surface area contributed by atoms with Crippen LogP contribution in [-0.2, 0) is 22.4 Å². The molecular formula is C22H25NO3. The number of carboxylic acid groups (broad SMARTS) is 1. The highest BCUT2D eigenvalue weighted by molar-refractivity contribution is 5.81. The molecule has 2 aromatic carbocycles. The van der Waals surface area contributed by atoms with Gasteiger partial charge in [-0.15, -0.1) is 0 Å². The Labute approximate surface area is 154 Å². The molecule has 1 amide bonds. The van der Waals surface area contributed by atoms with E-state index < -0.39 is 5.97 Å². The third kappa shape index (κ3) is 4.72. The highest BCUT2D eigenvalue weighted by Crippen LogP contribution is 2.25. The number of benzene rings is 2. The molecule has 0 saturated carbocycles. The highest BCUT2D eigenvalue weighted by atomic mass is 16.4. The summed E-state index contributed by atoms with van der Waals surface area (Å²) in [6.07, 6.45) is 3.04. The maximum atomic E-state index is 13.3. The van der Waals surface area contributed by atoms with Gasteiger partial charge < -0.3 is 10.0 Å². The third-order valence-corrected chi connectivity index (χ3v) is 5.07. The third-order valence-electron chi connectivity index (χ3n) is 5.07. The number of hydrogen-bond donors (Lipinski definition) is 1. The number of carbonyl (C=O) groups is 2. The first-order valence-electron chi connectivity index (χ1n) is 9.23. The summed E-state index contributed by atoms with van der Waals surface area (Å²) in [6, 6.07) is 19.9.